The number of thioether (sulfide) groups is 1. The highest BCUT2D eigenvalue weighted by atomic mass is 32.2. The van der Waals surface area contributed by atoms with Gasteiger partial charge in [-0.3, -0.25) is 4.79 Å². The minimum atomic E-state index is -0.0881. The molecule has 2 aromatic rings. The molecule has 0 aliphatic heterocycles. The number of nitrogens with one attached hydrogen (secondary N) is 2. The van der Waals surface area contributed by atoms with Crippen LogP contribution in [0.3, 0.4) is 0 Å². The second kappa shape index (κ2) is 6.61. The van der Waals surface area contributed by atoms with Crippen molar-refractivity contribution in [3.8, 4) is 0 Å². The van der Waals surface area contributed by atoms with Crippen molar-refractivity contribution >= 4 is 17.7 Å². The fourth-order valence-corrected chi connectivity index (χ4v) is 2.48. The van der Waals surface area contributed by atoms with Gasteiger partial charge < -0.3 is 10.3 Å². The number of rotatable bonds is 5. The second-order valence-electron chi connectivity index (χ2n) is 4.59. The second-order valence-corrected chi connectivity index (χ2v) is 5.47. The molecule has 5 heteroatoms. The molecule has 1 aromatic heterocycles. The highest BCUT2D eigenvalue weighted by Crippen LogP contribution is 2.20. The predicted octanol–water partition coefficient (Wildman–Crippen LogP) is 3.32. The van der Waals surface area contributed by atoms with E-state index in [1.54, 1.807) is 24.2 Å². The molecule has 0 aliphatic rings. The maximum Gasteiger partial charge on any atom is 0.252 e. The molecule has 0 radical (unpaired) electrons. The zero-order chi connectivity index (χ0) is 14.5. The van der Waals surface area contributed by atoms with Gasteiger partial charge in [-0.2, -0.15) is 0 Å². The maximum absolute atomic E-state index is 12.4. The monoisotopic (exact) mass is 289 g/mol. The quantitative estimate of drug-likeness (QED) is 0.830. The summed E-state index contributed by atoms with van der Waals surface area (Å²) in [5.41, 5.74) is 1.71. The number of hydrogen-bond donors (Lipinski definition) is 2. The van der Waals surface area contributed by atoms with Crippen LogP contribution >= 0.6 is 11.8 Å². The number of aromatic nitrogens is 2. The Bertz CT molecular complexity index is 581. The summed E-state index contributed by atoms with van der Waals surface area (Å²) in [6, 6.07) is 5.86. The van der Waals surface area contributed by atoms with Gasteiger partial charge in [0.05, 0.1) is 6.04 Å². The Morgan fingerprint density at radius 3 is 2.90 bits per heavy atom. The van der Waals surface area contributed by atoms with Crippen molar-refractivity contribution in [3.63, 3.8) is 0 Å². The van der Waals surface area contributed by atoms with Gasteiger partial charge in [-0.05, 0) is 37.3 Å². The molecule has 0 bridgehead atoms. The van der Waals surface area contributed by atoms with E-state index in [2.05, 4.69) is 15.3 Å². The average molecular weight is 289 g/mol. The minimum Gasteiger partial charge on any atom is -0.347 e. The average Bonchev–Trinajstić information content (AvgIpc) is 2.99. The number of imidazole rings is 1. The van der Waals surface area contributed by atoms with E-state index in [1.807, 2.05) is 38.3 Å². The number of hydrogen-bond acceptors (Lipinski definition) is 3. The van der Waals surface area contributed by atoms with Crippen LogP contribution in [-0.4, -0.2) is 22.1 Å². The van der Waals surface area contributed by atoms with E-state index < -0.39 is 0 Å². The molecule has 0 saturated heterocycles. The van der Waals surface area contributed by atoms with Crippen LogP contribution in [0, 0.1) is 6.92 Å². The molecular formula is C15H19N3OS. The first-order chi connectivity index (χ1) is 9.65. The summed E-state index contributed by atoms with van der Waals surface area (Å²) in [5.74, 6) is 0.737. The smallest absolute Gasteiger partial charge is 0.252 e. The Hall–Kier alpha value is -1.75. The third kappa shape index (κ3) is 3.22. The first-order valence-electron chi connectivity index (χ1n) is 6.60. The third-order valence-corrected chi connectivity index (χ3v) is 3.98. The third-order valence-electron chi connectivity index (χ3n) is 3.25. The number of carbonyl (C=O) groups excluding carboxylic acids is 1. The van der Waals surface area contributed by atoms with E-state index in [4.69, 9.17) is 0 Å². The number of nitrogens with zero attached hydrogens (tertiary/aromatic N) is 1. The number of aromatic amines is 1. The summed E-state index contributed by atoms with van der Waals surface area (Å²) in [6.07, 6.45) is 6.26. The summed E-state index contributed by atoms with van der Waals surface area (Å²) in [6.45, 7) is 3.98. The molecule has 0 spiro atoms. The van der Waals surface area contributed by atoms with Crippen molar-refractivity contribution in [1.29, 1.82) is 0 Å². The van der Waals surface area contributed by atoms with Crippen molar-refractivity contribution in [3.05, 3.63) is 47.5 Å². The highest BCUT2D eigenvalue weighted by Gasteiger charge is 2.17. The fraction of sp³-hybridized carbons (Fsp3) is 0.333. The van der Waals surface area contributed by atoms with Crippen LogP contribution in [0.15, 0.2) is 35.5 Å². The van der Waals surface area contributed by atoms with Crippen molar-refractivity contribution in [2.75, 3.05) is 6.26 Å². The van der Waals surface area contributed by atoms with Gasteiger partial charge in [0.1, 0.15) is 5.82 Å². The number of aryl methyl sites for hydroxylation is 1. The lowest BCUT2D eigenvalue weighted by atomic mass is 10.1. The van der Waals surface area contributed by atoms with E-state index >= 15 is 0 Å². The lowest BCUT2D eigenvalue weighted by molar-refractivity contribution is 0.0933. The molecule has 20 heavy (non-hydrogen) atoms. The molecular weight excluding hydrogens is 270 g/mol. The van der Waals surface area contributed by atoms with Crippen LogP contribution in [0.4, 0.5) is 0 Å². The largest absolute Gasteiger partial charge is 0.347 e. The van der Waals surface area contributed by atoms with Gasteiger partial charge in [0.2, 0.25) is 0 Å². The lowest BCUT2D eigenvalue weighted by Gasteiger charge is -2.16. The van der Waals surface area contributed by atoms with E-state index in [1.165, 1.54) is 0 Å². The molecule has 0 saturated carbocycles. The molecule has 1 aromatic carbocycles. The van der Waals surface area contributed by atoms with Gasteiger partial charge in [0.25, 0.3) is 5.91 Å². The van der Waals surface area contributed by atoms with Gasteiger partial charge in [0.15, 0.2) is 0 Å². The molecule has 1 atom stereocenters. The van der Waals surface area contributed by atoms with Crippen molar-refractivity contribution in [1.82, 2.24) is 15.3 Å². The van der Waals surface area contributed by atoms with E-state index in [0.29, 0.717) is 0 Å². The summed E-state index contributed by atoms with van der Waals surface area (Å²) in [5, 5.41) is 3.04. The van der Waals surface area contributed by atoms with Gasteiger partial charge in [-0.25, -0.2) is 4.98 Å². The number of carbonyl (C=O) groups is 1. The molecule has 106 valence electrons. The van der Waals surface area contributed by atoms with Crippen molar-refractivity contribution in [2.24, 2.45) is 0 Å². The van der Waals surface area contributed by atoms with Crippen LogP contribution < -0.4 is 5.32 Å². The number of amides is 1. The molecule has 2 N–H and O–H groups in total. The van der Waals surface area contributed by atoms with Gasteiger partial charge in [0, 0.05) is 22.9 Å². The molecule has 2 rings (SSSR count). The zero-order valence-electron chi connectivity index (χ0n) is 11.9. The Balaban J connectivity index is 2.19. The summed E-state index contributed by atoms with van der Waals surface area (Å²) in [7, 11) is 0. The fourth-order valence-electron chi connectivity index (χ4n) is 2.04. The van der Waals surface area contributed by atoms with Crippen LogP contribution in [0.1, 0.15) is 41.1 Å². The minimum absolute atomic E-state index is 0.0540. The first kappa shape index (κ1) is 14.7. The molecule has 0 fully saturated rings. The SMILES string of the molecule is CCC(NC(=O)c1cc(SC)ccc1C)c1ncc[nH]1. The van der Waals surface area contributed by atoms with Crippen LogP contribution in [0.5, 0.6) is 0 Å². The molecule has 1 heterocycles. The van der Waals surface area contributed by atoms with Crippen molar-refractivity contribution in [2.45, 2.75) is 31.2 Å². The van der Waals surface area contributed by atoms with E-state index in [-0.39, 0.29) is 11.9 Å². The van der Waals surface area contributed by atoms with Gasteiger partial charge in [-0.15, -0.1) is 11.8 Å². The molecule has 1 unspecified atom stereocenters. The number of benzene rings is 1. The van der Waals surface area contributed by atoms with Gasteiger partial charge >= 0.3 is 0 Å². The van der Waals surface area contributed by atoms with Crippen LogP contribution in [0.2, 0.25) is 0 Å². The predicted molar refractivity (Wildman–Crippen MR) is 82.0 cm³/mol. The molecule has 0 aliphatic carbocycles. The Kier molecular flexibility index (Phi) is 4.84. The first-order valence-corrected chi connectivity index (χ1v) is 7.83. The Morgan fingerprint density at radius 1 is 1.50 bits per heavy atom. The summed E-state index contributed by atoms with van der Waals surface area (Å²) < 4.78 is 0. The van der Waals surface area contributed by atoms with Crippen LogP contribution in [0.25, 0.3) is 0 Å². The molecule has 4 nitrogen and oxygen atoms in total. The lowest BCUT2D eigenvalue weighted by Crippen LogP contribution is -2.29. The Labute approximate surface area is 123 Å². The zero-order valence-corrected chi connectivity index (χ0v) is 12.8. The number of H-pyrrole nitrogens is 1. The summed E-state index contributed by atoms with van der Waals surface area (Å²) in [4.78, 5) is 20.8. The highest BCUT2D eigenvalue weighted by molar-refractivity contribution is 7.98. The molecule has 1 amide bonds. The van der Waals surface area contributed by atoms with Crippen LogP contribution in [-0.2, 0) is 0 Å². The standard InChI is InChI=1S/C15H19N3OS/c1-4-13(14-16-7-8-17-14)18-15(19)12-9-11(20-3)6-5-10(12)2/h5-9,13H,4H2,1-3H3,(H,16,17)(H,18,19). The van der Waals surface area contributed by atoms with Crippen molar-refractivity contribution < 1.29 is 4.79 Å². The van der Waals surface area contributed by atoms with E-state index in [9.17, 15) is 4.79 Å². The topological polar surface area (TPSA) is 57.8 Å². The maximum atomic E-state index is 12.4. The summed E-state index contributed by atoms with van der Waals surface area (Å²) >= 11 is 1.63. The van der Waals surface area contributed by atoms with E-state index in [0.717, 1.165) is 28.3 Å². The van der Waals surface area contributed by atoms with Gasteiger partial charge in [-0.1, -0.05) is 13.0 Å². The normalized spacial score (nSPS) is 12.2. The Morgan fingerprint density at radius 2 is 2.30 bits per heavy atom.